The second kappa shape index (κ2) is 3.79. The van der Waals surface area contributed by atoms with Gasteiger partial charge in [0.1, 0.15) is 5.58 Å². The maximum absolute atomic E-state index is 13.3. The second-order valence-corrected chi connectivity index (χ2v) is 5.88. The van der Waals surface area contributed by atoms with Crippen molar-refractivity contribution in [1.29, 1.82) is 0 Å². The summed E-state index contributed by atoms with van der Waals surface area (Å²) in [7, 11) is 2.12. The first-order chi connectivity index (χ1) is 8.44. The van der Waals surface area contributed by atoms with Crippen LogP contribution in [0.2, 0.25) is 0 Å². The molecule has 2 aromatic rings. The highest BCUT2D eigenvalue weighted by molar-refractivity contribution is 7.18. The highest BCUT2D eigenvalue weighted by atomic mass is 31.0. The lowest BCUT2D eigenvalue weighted by Crippen LogP contribution is -2.57. The first-order valence-electron chi connectivity index (χ1n) is 5.72. The van der Waals surface area contributed by atoms with E-state index in [-0.39, 0.29) is 24.8 Å². The molecule has 1 aliphatic rings. The summed E-state index contributed by atoms with van der Waals surface area (Å²) in [6, 6.07) is 7.44. The van der Waals surface area contributed by atoms with Gasteiger partial charge in [0.15, 0.2) is 11.2 Å². The van der Waals surface area contributed by atoms with Crippen LogP contribution in [0.25, 0.3) is 11.0 Å². The van der Waals surface area contributed by atoms with E-state index in [1.165, 1.54) is 4.90 Å². The average Bonchev–Trinajstić information content (AvgIpc) is 2.67. The van der Waals surface area contributed by atoms with Gasteiger partial charge in [-0.3, -0.25) is 4.79 Å². The third kappa shape index (κ3) is 1.91. The standard InChI is InChI=1S/C13H13FNO2P/c1-8-2-3-10-9(4-8)5-11(17-10)12(16)15-6-13(14,18)7-15/h2-5H,6-7,18H2,1H3. The van der Waals surface area contributed by atoms with Crippen LogP contribution in [0.5, 0.6) is 0 Å². The monoisotopic (exact) mass is 265 g/mol. The fourth-order valence-electron chi connectivity index (χ4n) is 2.16. The van der Waals surface area contributed by atoms with Crippen LogP contribution in [-0.4, -0.2) is 29.3 Å². The minimum absolute atomic E-state index is 0.104. The summed E-state index contributed by atoms with van der Waals surface area (Å²) in [4.78, 5) is 13.5. The van der Waals surface area contributed by atoms with Crippen LogP contribution < -0.4 is 0 Å². The number of carbonyl (C=O) groups excluding carboxylic acids is 1. The van der Waals surface area contributed by atoms with Gasteiger partial charge in [0.25, 0.3) is 5.91 Å². The lowest BCUT2D eigenvalue weighted by molar-refractivity contribution is 0.0251. The molecule has 0 saturated carbocycles. The Morgan fingerprint density at radius 2 is 2.17 bits per heavy atom. The molecule has 1 saturated heterocycles. The molecule has 3 nitrogen and oxygen atoms in total. The predicted octanol–water partition coefficient (Wildman–Crippen LogP) is 2.74. The lowest BCUT2D eigenvalue weighted by atomic mass is 10.1. The average molecular weight is 265 g/mol. The molecule has 3 rings (SSSR count). The van der Waals surface area contributed by atoms with Crippen LogP contribution in [0, 0.1) is 6.92 Å². The third-order valence-corrected chi connectivity index (χ3v) is 3.44. The summed E-state index contributed by atoms with van der Waals surface area (Å²) >= 11 is 0. The molecule has 0 bridgehead atoms. The normalized spacial score (nSPS) is 17.8. The van der Waals surface area contributed by atoms with Gasteiger partial charge in [0.2, 0.25) is 0 Å². The molecule has 1 aliphatic heterocycles. The molecule has 1 aromatic carbocycles. The van der Waals surface area contributed by atoms with Crippen molar-refractivity contribution in [2.24, 2.45) is 0 Å². The summed E-state index contributed by atoms with van der Waals surface area (Å²) in [5, 5.41) is -0.436. The van der Waals surface area contributed by atoms with E-state index in [1.54, 1.807) is 6.07 Å². The molecule has 5 heteroatoms. The van der Waals surface area contributed by atoms with E-state index in [0.29, 0.717) is 5.58 Å². The van der Waals surface area contributed by atoms with E-state index in [9.17, 15) is 9.18 Å². The SMILES string of the molecule is Cc1ccc2oc(C(=O)N3CC(F)(P)C3)cc2c1. The van der Waals surface area contributed by atoms with Gasteiger partial charge in [0.05, 0.1) is 13.1 Å². The van der Waals surface area contributed by atoms with Gasteiger partial charge in [0, 0.05) is 5.39 Å². The molecule has 0 aliphatic carbocycles. The van der Waals surface area contributed by atoms with Gasteiger partial charge >= 0.3 is 0 Å². The van der Waals surface area contributed by atoms with E-state index in [2.05, 4.69) is 9.24 Å². The molecule has 94 valence electrons. The van der Waals surface area contributed by atoms with Crippen molar-refractivity contribution < 1.29 is 13.6 Å². The Labute approximate surface area is 106 Å². The highest BCUT2D eigenvalue weighted by Crippen LogP contribution is 2.33. The van der Waals surface area contributed by atoms with Gasteiger partial charge in [-0.1, -0.05) is 20.9 Å². The molecule has 0 radical (unpaired) electrons. The summed E-state index contributed by atoms with van der Waals surface area (Å²) in [6.07, 6.45) is 0. The van der Waals surface area contributed by atoms with Gasteiger partial charge in [-0.2, -0.15) is 0 Å². The Morgan fingerprint density at radius 1 is 1.44 bits per heavy atom. The number of hydrogen-bond acceptors (Lipinski definition) is 2. The number of benzene rings is 1. The van der Waals surface area contributed by atoms with Crippen LogP contribution >= 0.6 is 9.24 Å². The van der Waals surface area contributed by atoms with Gasteiger partial charge in [-0.05, 0) is 25.1 Å². The summed E-state index contributed by atoms with van der Waals surface area (Å²) in [5.41, 5.74) is 1.79. The van der Waals surface area contributed by atoms with Crippen molar-refractivity contribution in [1.82, 2.24) is 4.90 Å². The molecule has 1 aromatic heterocycles. The molecule has 1 unspecified atom stereocenters. The molecule has 18 heavy (non-hydrogen) atoms. The first kappa shape index (κ1) is 11.7. The van der Waals surface area contributed by atoms with Crippen molar-refractivity contribution in [2.75, 3.05) is 13.1 Å². The number of likely N-dealkylation sites (tertiary alicyclic amines) is 1. The summed E-state index contributed by atoms with van der Waals surface area (Å²) in [6.45, 7) is 2.19. The molecule has 1 atom stereocenters. The largest absolute Gasteiger partial charge is 0.451 e. The molecule has 1 fully saturated rings. The predicted molar refractivity (Wildman–Crippen MR) is 70.4 cm³/mol. The second-order valence-electron chi connectivity index (χ2n) is 4.85. The van der Waals surface area contributed by atoms with Gasteiger partial charge < -0.3 is 9.32 Å². The number of aryl methyl sites for hydroxylation is 1. The number of nitrogens with zero attached hydrogens (tertiary/aromatic N) is 1. The minimum Gasteiger partial charge on any atom is -0.451 e. The maximum atomic E-state index is 13.3. The van der Waals surface area contributed by atoms with Crippen LogP contribution in [0.1, 0.15) is 16.1 Å². The van der Waals surface area contributed by atoms with Crippen LogP contribution in [0.3, 0.4) is 0 Å². The summed E-state index contributed by atoms with van der Waals surface area (Å²) < 4.78 is 18.8. The number of amides is 1. The lowest BCUT2D eigenvalue weighted by Gasteiger charge is -2.41. The number of carbonyl (C=O) groups is 1. The van der Waals surface area contributed by atoms with E-state index in [0.717, 1.165) is 10.9 Å². The number of furan rings is 1. The van der Waals surface area contributed by atoms with Crippen LogP contribution in [-0.2, 0) is 0 Å². The van der Waals surface area contributed by atoms with Crippen molar-refractivity contribution in [3.63, 3.8) is 0 Å². The van der Waals surface area contributed by atoms with Gasteiger partial charge in [-0.25, -0.2) is 4.39 Å². The number of halogens is 1. The van der Waals surface area contributed by atoms with Crippen LogP contribution in [0.15, 0.2) is 28.7 Å². The van der Waals surface area contributed by atoms with Crippen molar-refractivity contribution in [2.45, 2.75) is 12.3 Å². The van der Waals surface area contributed by atoms with E-state index >= 15 is 0 Å². The third-order valence-electron chi connectivity index (χ3n) is 3.08. The van der Waals surface area contributed by atoms with Gasteiger partial charge in [-0.15, -0.1) is 0 Å². The number of hydrogen-bond donors (Lipinski definition) is 0. The Kier molecular flexibility index (Phi) is 2.46. The fraction of sp³-hybridized carbons (Fsp3) is 0.308. The van der Waals surface area contributed by atoms with Crippen molar-refractivity contribution >= 4 is 26.1 Å². The number of rotatable bonds is 1. The highest BCUT2D eigenvalue weighted by Gasteiger charge is 2.42. The minimum atomic E-state index is -1.34. The smallest absolute Gasteiger partial charge is 0.289 e. The molecular formula is C13H13FNO2P. The topological polar surface area (TPSA) is 33.5 Å². The Balaban J connectivity index is 1.88. The quantitative estimate of drug-likeness (QED) is 0.743. The molecular weight excluding hydrogens is 252 g/mol. The zero-order chi connectivity index (χ0) is 12.9. The zero-order valence-corrected chi connectivity index (χ0v) is 11.1. The Morgan fingerprint density at radius 3 is 2.83 bits per heavy atom. The number of alkyl halides is 1. The van der Waals surface area contributed by atoms with Crippen molar-refractivity contribution in [3.8, 4) is 0 Å². The van der Waals surface area contributed by atoms with Crippen molar-refractivity contribution in [3.05, 3.63) is 35.6 Å². The Hall–Kier alpha value is -1.41. The molecule has 1 amide bonds. The first-order valence-corrected chi connectivity index (χ1v) is 6.30. The van der Waals surface area contributed by atoms with E-state index < -0.39 is 5.41 Å². The summed E-state index contributed by atoms with van der Waals surface area (Å²) in [5.74, 6) is 0.0238. The Bertz CT molecular complexity index is 627. The molecule has 0 N–H and O–H groups in total. The van der Waals surface area contributed by atoms with Crippen LogP contribution in [0.4, 0.5) is 4.39 Å². The molecule has 2 heterocycles. The number of fused-ring (bicyclic) bond motifs is 1. The fourth-order valence-corrected chi connectivity index (χ4v) is 2.60. The zero-order valence-electron chi connectivity index (χ0n) is 9.94. The maximum Gasteiger partial charge on any atom is 0.289 e. The molecule has 0 spiro atoms. The van der Waals surface area contributed by atoms with E-state index in [4.69, 9.17) is 4.42 Å². The van der Waals surface area contributed by atoms with E-state index in [1.807, 2.05) is 25.1 Å².